The molecule has 0 atom stereocenters. The fourth-order valence-electron chi connectivity index (χ4n) is 1.97. The summed E-state index contributed by atoms with van der Waals surface area (Å²) in [6, 6.07) is 11.4. The highest BCUT2D eigenvalue weighted by Crippen LogP contribution is 2.34. The zero-order chi connectivity index (χ0) is 12.5. The molecule has 2 aromatic rings. The van der Waals surface area contributed by atoms with Crippen LogP contribution in [-0.4, -0.2) is 6.04 Å². The Labute approximate surface area is 117 Å². The lowest BCUT2D eigenvalue weighted by molar-refractivity contribution is 0.695. The third kappa shape index (κ3) is 2.77. The maximum atomic E-state index is 6.30. The molecule has 1 aromatic heterocycles. The molecular weight excluding hydrogens is 262 g/mol. The fraction of sp³-hybridized carbons (Fsp3) is 0.333. The van der Waals surface area contributed by atoms with Crippen molar-refractivity contribution in [1.29, 1.82) is 0 Å². The molecule has 1 N–H and O–H groups in total. The molecule has 1 fully saturated rings. The molecule has 1 aliphatic carbocycles. The first kappa shape index (κ1) is 12.2. The number of hydrogen-bond acceptors (Lipinski definition) is 2. The van der Waals surface area contributed by atoms with E-state index in [1.807, 2.05) is 17.4 Å². The molecule has 1 heterocycles. The molecule has 0 unspecified atom stereocenters. The minimum absolute atomic E-state index is 0.763. The van der Waals surface area contributed by atoms with Gasteiger partial charge in [0.15, 0.2) is 0 Å². The van der Waals surface area contributed by atoms with E-state index in [0.717, 1.165) is 23.2 Å². The van der Waals surface area contributed by atoms with Crippen LogP contribution in [0.25, 0.3) is 10.4 Å². The number of nitrogens with one attached hydrogen (secondary N) is 1. The van der Waals surface area contributed by atoms with Gasteiger partial charge in [-0.25, -0.2) is 0 Å². The molecule has 0 saturated heterocycles. The summed E-state index contributed by atoms with van der Waals surface area (Å²) in [5.41, 5.74) is 2.35. The molecule has 0 spiro atoms. The number of aryl methyl sites for hydroxylation is 1. The number of benzene rings is 1. The number of halogens is 1. The Morgan fingerprint density at radius 1 is 1.28 bits per heavy atom. The summed E-state index contributed by atoms with van der Waals surface area (Å²) < 4.78 is 0. The van der Waals surface area contributed by atoms with Crippen molar-refractivity contribution in [3.05, 3.63) is 45.8 Å². The molecule has 0 amide bonds. The number of thiophene rings is 1. The van der Waals surface area contributed by atoms with Crippen molar-refractivity contribution in [2.75, 3.05) is 0 Å². The second kappa shape index (κ2) is 5.04. The Hall–Kier alpha value is -0.830. The van der Waals surface area contributed by atoms with E-state index in [2.05, 4.69) is 36.5 Å². The molecule has 3 rings (SSSR count). The topological polar surface area (TPSA) is 12.0 Å². The van der Waals surface area contributed by atoms with Crippen LogP contribution in [0, 0.1) is 6.92 Å². The molecule has 1 nitrogen and oxygen atoms in total. The second-order valence-corrected chi connectivity index (χ2v) is 6.48. The van der Waals surface area contributed by atoms with Crippen molar-refractivity contribution in [3.8, 4) is 10.4 Å². The Bertz CT molecular complexity index is 557. The standard InChI is InChI=1S/C15H16ClNS/c1-10-2-6-13(14(16)8-10)15-7-5-12(18-15)9-17-11-3-4-11/h2,5-8,11,17H,3-4,9H2,1H3. The van der Waals surface area contributed by atoms with Crippen molar-refractivity contribution in [1.82, 2.24) is 5.32 Å². The van der Waals surface area contributed by atoms with Crippen molar-refractivity contribution in [3.63, 3.8) is 0 Å². The third-order valence-corrected chi connectivity index (χ3v) is 4.63. The van der Waals surface area contributed by atoms with Gasteiger partial charge in [0.05, 0.1) is 0 Å². The maximum absolute atomic E-state index is 6.30. The Kier molecular flexibility index (Phi) is 3.42. The Balaban J connectivity index is 1.78. The predicted molar refractivity (Wildman–Crippen MR) is 79.4 cm³/mol. The molecule has 0 bridgehead atoms. The number of rotatable bonds is 4. The SMILES string of the molecule is Cc1ccc(-c2ccc(CNC3CC3)s2)c(Cl)c1. The van der Waals surface area contributed by atoms with Gasteiger partial charge in [-0.3, -0.25) is 0 Å². The molecule has 1 saturated carbocycles. The summed E-state index contributed by atoms with van der Waals surface area (Å²) in [6.07, 6.45) is 2.67. The smallest absolute Gasteiger partial charge is 0.0495 e. The highest BCUT2D eigenvalue weighted by atomic mass is 35.5. The average molecular weight is 278 g/mol. The van der Waals surface area contributed by atoms with Gasteiger partial charge in [0, 0.05) is 32.9 Å². The largest absolute Gasteiger partial charge is 0.309 e. The lowest BCUT2D eigenvalue weighted by Crippen LogP contribution is -2.14. The molecule has 0 radical (unpaired) electrons. The van der Waals surface area contributed by atoms with Crippen LogP contribution >= 0.6 is 22.9 Å². The van der Waals surface area contributed by atoms with Crippen LogP contribution in [-0.2, 0) is 6.54 Å². The highest BCUT2D eigenvalue weighted by Gasteiger charge is 2.20. The van der Waals surface area contributed by atoms with E-state index in [1.54, 1.807) is 0 Å². The number of hydrogen-bond donors (Lipinski definition) is 1. The fourth-order valence-corrected chi connectivity index (χ4v) is 3.36. The molecule has 3 heteroatoms. The van der Waals surface area contributed by atoms with Crippen LogP contribution in [0.4, 0.5) is 0 Å². The van der Waals surface area contributed by atoms with Gasteiger partial charge in [-0.05, 0) is 43.5 Å². The van der Waals surface area contributed by atoms with Gasteiger partial charge in [-0.15, -0.1) is 11.3 Å². The first-order valence-corrected chi connectivity index (χ1v) is 7.50. The van der Waals surface area contributed by atoms with Crippen molar-refractivity contribution < 1.29 is 0 Å². The van der Waals surface area contributed by atoms with Crippen molar-refractivity contribution >= 4 is 22.9 Å². The third-order valence-electron chi connectivity index (χ3n) is 3.19. The highest BCUT2D eigenvalue weighted by molar-refractivity contribution is 7.15. The van der Waals surface area contributed by atoms with Gasteiger partial charge < -0.3 is 5.32 Å². The average Bonchev–Trinajstić information content (AvgIpc) is 3.05. The van der Waals surface area contributed by atoms with Crippen LogP contribution in [0.1, 0.15) is 23.3 Å². The normalized spacial score (nSPS) is 15.0. The van der Waals surface area contributed by atoms with E-state index in [0.29, 0.717) is 0 Å². The van der Waals surface area contributed by atoms with Gasteiger partial charge in [-0.1, -0.05) is 23.7 Å². The van der Waals surface area contributed by atoms with Crippen LogP contribution in [0.15, 0.2) is 30.3 Å². The zero-order valence-electron chi connectivity index (χ0n) is 10.4. The summed E-state index contributed by atoms with van der Waals surface area (Å²) in [7, 11) is 0. The van der Waals surface area contributed by atoms with E-state index < -0.39 is 0 Å². The van der Waals surface area contributed by atoms with E-state index in [-0.39, 0.29) is 0 Å². The van der Waals surface area contributed by atoms with Crippen LogP contribution in [0.5, 0.6) is 0 Å². The maximum Gasteiger partial charge on any atom is 0.0495 e. The first-order chi connectivity index (χ1) is 8.72. The van der Waals surface area contributed by atoms with Crippen LogP contribution in [0.3, 0.4) is 0 Å². The monoisotopic (exact) mass is 277 g/mol. The zero-order valence-corrected chi connectivity index (χ0v) is 11.9. The summed E-state index contributed by atoms with van der Waals surface area (Å²) in [4.78, 5) is 2.64. The van der Waals surface area contributed by atoms with Gasteiger partial charge >= 0.3 is 0 Å². The molecular formula is C15H16ClNS. The second-order valence-electron chi connectivity index (χ2n) is 4.90. The Morgan fingerprint density at radius 2 is 2.11 bits per heavy atom. The van der Waals surface area contributed by atoms with Crippen molar-refractivity contribution in [2.24, 2.45) is 0 Å². The van der Waals surface area contributed by atoms with Gasteiger partial charge in [0.2, 0.25) is 0 Å². The summed E-state index contributed by atoms with van der Waals surface area (Å²) >= 11 is 8.13. The Morgan fingerprint density at radius 3 is 2.83 bits per heavy atom. The van der Waals surface area contributed by atoms with Gasteiger partial charge in [0.1, 0.15) is 0 Å². The predicted octanol–water partition coefficient (Wildman–Crippen LogP) is 4.63. The molecule has 18 heavy (non-hydrogen) atoms. The lowest BCUT2D eigenvalue weighted by Gasteiger charge is -2.02. The van der Waals surface area contributed by atoms with Crippen molar-refractivity contribution in [2.45, 2.75) is 32.4 Å². The minimum Gasteiger partial charge on any atom is -0.309 e. The molecule has 1 aliphatic rings. The van der Waals surface area contributed by atoms with Crippen LogP contribution in [0.2, 0.25) is 5.02 Å². The van der Waals surface area contributed by atoms with Gasteiger partial charge in [-0.2, -0.15) is 0 Å². The van der Waals surface area contributed by atoms with E-state index in [9.17, 15) is 0 Å². The molecule has 1 aromatic carbocycles. The van der Waals surface area contributed by atoms with E-state index >= 15 is 0 Å². The summed E-state index contributed by atoms with van der Waals surface area (Å²) in [5, 5.41) is 4.38. The lowest BCUT2D eigenvalue weighted by atomic mass is 10.1. The van der Waals surface area contributed by atoms with E-state index in [1.165, 1.54) is 28.2 Å². The molecule has 94 valence electrons. The van der Waals surface area contributed by atoms with E-state index in [4.69, 9.17) is 11.6 Å². The minimum atomic E-state index is 0.763. The first-order valence-electron chi connectivity index (χ1n) is 6.31. The quantitative estimate of drug-likeness (QED) is 0.859. The summed E-state index contributed by atoms with van der Waals surface area (Å²) in [5.74, 6) is 0. The van der Waals surface area contributed by atoms with Gasteiger partial charge in [0.25, 0.3) is 0 Å². The van der Waals surface area contributed by atoms with Crippen LogP contribution < -0.4 is 5.32 Å². The summed E-state index contributed by atoms with van der Waals surface area (Å²) in [6.45, 7) is 3.05. The molecule has 0 aliphatic heterocycles.